The van der Waals surface area contributed by atoms with E-state index in [1.165, 1.54) is 0 Å². The maximum atomic E-state index is 11.1. The van der Waals surface area contributed by atoms with Crippen molar-refractivity contribution in [3.8, 4) is 0 Å². The van der Waals surface area contributed by atoms with Gasteiger partial charge in [0.05, 0.1) is 17.1 Å². The monoisotopic (exact) mass is 266 g/mol. The fourth-order valence-electron chi connectivity index (χ4n) is 2.66. The molecule has 2 rings (SSSR count). The Labute approximate surface area is 115 Å². The zero-order chi connectivity index (χ0) is 14.4. The van der Waals surface area contributed by atoms with Gasteiger partial charge in [-0.3, -0.25) is 4.79 Å². The minimum Gasteiger partial charge on any atom is -0.481 e. The Bertz CT molecular complexity index is 398. The lowest BCUT2D eigenvalue weighted by Gasteiger charge is -2.32. The van der Waals surface area contributed by atoms with E-state index in [-0.39, 0.29) is 30.2 Å². The minimum atomic E-state index is -0.711. The van der Waals surface area contributed by atoms with Crippen molar-refractivity contribution in [2.24, 2.45) is 11.8 Å². The van der Waals surface area contributed by atoms with Crippen LogP contribution in [-0.2, 0) is 14.1 Å². The standard InChI is InChI=1S/C14H23BO4/c1-9-8-10(6-7-11(9)12(16)17)15-18-13(2,3)14(4,5)19-15/h8-9,11H,6-7H2,1-5H3,(H,16,17). The first-order valence-electron chi connectivity index (χ1n) is 6.93. The van der Waals surface area contributed by atoms with E-state index in [1.807, 2.05) is 40.7 Å². The van der Waals surface area contributed by atoms with Crippen molar-refractivity contribution in [2.75, 3.05) is 0 Å². The zero-order valence-electron chi connectivity index (χ0n) is 12.4. The van der Waals surface area contributed by atoms with Gasteiger partial charge in [0.25, 0.3) is 0 Å². The molecule has 1 aliphatic heterocycles. The molecule has 0 aromatic rings. The summed E-state index contributed by atoms with van der Waals surface area (Å²) in [5, 5.41) is 9.13. The molecule has 0 spiro atoms. The van der Waals surface area contributed by atoms with Gasteiger partial charge in [-0.1, -0.05) is 13.0 Å². The molecule has 1 fully saturated rings. The summed E-state index contributed by atoms with van der Waals surface area (Å²) >= 11 is 0. The van der Waals surface area contributed by atoms with Crippen LogP contribution in [0.15, 0.2) is 11.5 Å². The number of carboxylic acid groups (broad SMARTS) is 1. The summed E-state index contributed by atoms with van der Waals surface area (Å²) in [5.74, 6) is -0.969. The van der Waals surface area contributed by atoms with Gasteiger partial charge in [0.1, 0.15) is 0 Å². The third-order valence-electron chi connectivity index (χ3n) is 4.73. The highest BCUT2D eigenvalue weighted by molar-refractivity contribution is 6.54. The van der Waals surface area contributed by atoms with Crippen LogP contribution in [-0.4, -0.2) is 29.4 Å². The Hall–Kier alpha value is -0.805. The van der Waals surface area contributed by atoms with E-state index in [9.17, 15) is 4.79 Å². The highest BCUT2D eigenvalue weighted by Crippen LogP contribution is 2.41. The fourth-order valence-corrected chi connectivity index (χ4v) is 2.66. The smallest absolute Gasteiger partial charge is 0.481 e. The van der Waals surface area contributed by atoms with Gasteiger partial charge in [-0.15, -0.1) is 0 Å². The molecular weight excluding hydrogens is 243 g/mol. The highest BCUT2D eigenvalue weighted by Gasteiger charge is 2.52. The molecule has 5 heteroatoms. The van der Waals surface area contributed by atoms with E-state index in [4.69, 9.17) is 14.4 Å². The number of hydrogen-bond acceptors (Lipinski definition) is 3. The van der Waals surface area contributed by atoms with Gasteiger partial charge in [0, 0.05) is 0 Å². The predicted molar refractivity (Wildman–Crippen MR) is 73.7 cm³/mol. The van der Waals surface area contributed by atoms with Crippen molar-refractivity contribution in [3.05, 3.63) is 11.5 Å². The molecule has 19 heavy (non-hydrogen) atoms. The normalized spacial score (nSPS) is 33.1. The first kappa shape index (κ1) is 14.6. The van der Waals surface area contributed by atoms with E-state index < -0.39 is 5.97 Å². The van der Waals surface area contributed by atoms with E-state index in [0.29, 0.717) is 6.42 Å². The van der Waals surface area contributed by atoms with Gasteiger partial charge in [-0.25, -0.2) is 0 Å². The third-order valence-corrected chi connectivity index (χ3v) is 4.73. The Morgan fingerprint density at radius 1 is 1.32 bits per heavy atom. The van der Waals surface area contributed by atoms with Gasteiger partial charge < -0.3 is 14.4 Å². The summed E-state index contributed by atoms with van der Waals surface area (Å²) in [7, 11) is -0.331. The second kappa shape index (κ2) is 4.63. The molecule has 1 aliphatic carbocycles. The molecule has 4 nitrogen and oxygen atoms in total. The van der Waals surface area contributed by atoms with Crippen molar-refractivity contribution >= 4 is 13.1 Å². The van der Waals surface area contributed by atoms with E-state index in [2.05, 4.69) is 0 Å². The topological polar surface area (TPSA) is 55.8 Å². The fraction of sp³-hybridized carbons (Fsp3) is 0.786. The van der Waals surface area contributed by atoms with Gasteiger partial charge >= 0.3 is 13.1 Å². The van der Waals surface area contributed by atoms with E-state index >= 15 is 0 Å². The van der Waals surface area contributed by atoms with Crippen LogP contribution in [0.4, 0.5) is 0 Å². The lowest BCUT2D eigenvalue weighted by molar-refractivity contribution is -0.143. The number of allylic oxidation sites excluding steroid dienone is 2. The van der Waals surface area contributed by atoms with Crippen LogP contribution in [0, 0.1) is 11.8 Å². The van der Waals surface area contributed by atoms with Crippen molar-refractivity contribution in [1.82, 2.24) is 0 Å². The molecule has 0 radical (unpaired) electrons. The van der Waals surface area contributed by atoms with Crippen LogP contribution in [0.3, 0.4) is 0 Å². The molecule has 0 saturated carbocycles. The van der Waals surface area contributed by atoms with Crippen LogP contribution in [0.25, 0.3) is 0 Å². The number of aliphatic carboxylic acids is 1. The molecule has 2 aliphatic rings. The molecule has 2 atom stereocenters. The maximum Gasteiger partial charge on any atom is 0.490 e. The summed E-state index contributed by atoms with van der Waals surface area (Å²) in [6, 6.07) is 0. The van der Waals surface area contributed by atoms with Crippen LogP contribution in [0.2, 0.25) is 0 Å². The average Bonchev–Trinajstić information content (AvgIpc) is 2.47. The molecule has 0 amide bonds. The van der Waals surface area contributed by atoms with Gasteiger partial charge in [0.15, 0.2) is 0 Å². The van der Waals surface area contributed by atoms with Crippen LogP contribution < -0.4 is 0 Å². The Kier molecular flexibility index (Phi) is 3.56. The average molecular weight is 266 g/mol. The van der Waals surface area contributed by atoms with Gasteiger partial charge in [0.2, 0.25) is 0 Å². The molecule has 0 aromatic carbocycles. The number of carboxylic acids is 1. The molecule has 1 N–H and O–H groups in total. The Morgan fingerprint density at radius 2 is 1.84 bits per heavy atom. The lowest BCUT2D eigenvalue weighted by Crippen LogP contribution is -2.41. The first-order valence-corrected chi connectivity index (χ1v) is 6.93. The molecule has 0 aromatic heterocycles. The van der Waals surface area contributed by atoms with Gasteiger partial charge in [-0.2, -0.15) is 0 Å². The van der Waals surface area contributed by atoms with Crippen molar-refractivity contribution < 1.29 is 19.2 Å². The predicted octanol–water partition coefficient (Wildman–Crippen LogP) is 2.67. The Morgan fingerprint density at radius 3 is 2.26 bits per heavy atom. The summed E-state index contributed by atoms with van der Waals surface area (Å²) in [5.41, 5.74) is 0.403. The minimum absolute atomic E-state index is 0.0280. The number of carbonyl (C=O) groups is 1. The second-order valence-electron chi connectivity index (χ2n) is 6.67. The zero-order valence-corrected chi connectivity index (χ0v) is 12.4. The largest absolute Gasteiger partial charge is 0.490 e. The lowest BCUT2D eigenvalue weighted by atomic mass is 9.68. The molecule has 0 bridgehead atoms. The summed E-state index contributed by atoms with van der Waals surface area (Å²) in [6.45, 7) is 10.1. The van der Waals surface area contributed by atoms with E-state index in [1.54, 1.807) is 0 Å². The second-order valence-corrected chi connectivity index (χ2v) is 6.67. The third kappa shape index (κ3) is 2.58. The molecule has 106 valence electrons. The first-order chi connectivity index (χ1) is 8.64. The van der Waals surface area contributed by atoms with Crippen LogP contribution >= 0.6 is 0 Å². The SMILES string of the molecule is CC1C=C(B2OC(C)(C)C(C)(C)O2)CCC1C(=O)O. The van der Waals surface area contributed by atoms with Crippen molar-refractivity contribution in [1.29, 1.82) is 0 Å². The summed E-state index contributed by atoms with van der Waals surface area (Å²) < 4.78 is 12.0. The van der Waals surface area contributed by atoms with Crippen molar-refractivity contribution in [2.45, 2.75) is 58.7 Å². The van der Waals surface area contributed by atoms with Crippen LogP contribution in [0.5, 0.6) is 0 Å². The molecule has 1 saturated heterocycles. The molecule has 2 unspecified atom stereocenters. The molecule has 1 heterocycles. The quantitative estimate of drug-likeness (QED) is 0.781. The highest BCUT2D eigenvalue weighted by atomic mass is 16.7. The van der Waals surface area contributed by atoms with Crippen LogP contribution in [0.1, 0.15) is 47.5 Å². The number of rotatable bonds is 2. The number of hydrogen-bond donors (Lipinski definition) is 1. The van der Waals surface area contributed by atoms with Crippen molar-refractivity contribution in [3.63, 3.8) is 0 Å². The van der Waals surface area contributed by atoms with Gasteiger partial charge in [-0.05, 0) is 51.9 Å². The summed E-state index contributed by atoms with van der Waals surface area (Å²) in [6.07, 6.45) is 3.41. The maximum absolute atomic E-state index is 11.1. The molecular formula is C14H23BO4. The summed E-state index contributed by atoms with van der Waals surface area (Å²) in [4.78, 5) is 11.1. The van der Waals surface area contributed by atoms with E-state index in [0.717, 1.165) is 11.9 Å². The Balaban J connectivity index is 2.14.